The van der Waals surface area contributed by atoms with Crippen molar-refractivity contribution in [2.24, 2.45) is 17.8 Å². The molecule has 0 unspecified atom stereocenters. The summed E-state index contributed by atoms with van der Waals surface area (Å²) in [6.07, 6.45) is 67.3. The molecule has 0 aromatic rings. The lowest BCUT2D eigenvalue weighted by atomic mass is 10.0. The Morgan fingerprint density at radius 3 is 0.564 bits per heavy atom. The first kappa shape index (κ1) is 83.1. The van der Waals surface area contributed by atoms with Crippen molar-refractivity contribution in [2.75, 3.05) is 33.0 Å². The molecule has 0 saturated carbocycles. The summed E-state index contributed by atoms with van der Waals surface area (Å²) in [5.41, 5.74) is 0. The summed E-state index contributed by atoms with van der Waals surface area (Å²) >= 11 is 0. The van der Waals surface area contributed by atoms with E-state index in [1.807, 2.05) is 0 Å². The second-order valence-corrected chi connectivity index (χ2v) is 27.1. The van der Waals surface area contributed by atoms with E-state index in [0.717, 1.165) is 69.7 Å². The summed E-state index contributed by atoms with van der Waals surface area (Å²) in [5, 5.41) is 0. The van der Waals surface area contributed by atoms with Crippen molar-refractivity contribution in [2.45, 2.75) is 376 Å². The monoisotopic (exact) mass is 1170 g/mol. The summed E-state index contributed by atoms with van der Waals surface area (Å²) in [6, 6.07) is 0. The van der Waals surface area contributed by atoms with E-state index in [0.29, 0.717) is 13.2 Å². The molecule has 0 aliphatic carbocycles. The third-order valence-corrected chi connectivity index (χ3v) is 16.8. The maximum Gasteiger partial charge on any atom is 0.332 e. The first-order chi connectivity index (χ1) is 38.0. The lowest BCUT2D eigenvalue weighted by Crippen LogP contribution is -2.01. The molecule has 0 heterocycles. The summed E-state index contributed by atoms with van der Waals surface area (Å²) in [5.74, 6) is 2.50. The fraction of sp³-hybridized carbons (Fsp3) is 1.00. The standard InChI is InChI=1S/C36H75O3P.C30H63O3P.H3O3P/c1-3-5-7-9-11-13-15-17-19-21-23-25-27-29-31-33-35-38-40(37)39-36-34-32-30-28-26-24-22-20-18-16-14-12-10-8-6-4-2;1-28(2)22-16-10-7-13-19-25-31-34(32-26-20-14-8-11-17-23-29(3)4)33-27-21-15-9-12-18-24-30(5)6;1-4(2)3/h37H,3-36H2,1-2H3;28-30H,7-27H2,1-6H3;1-3H. The highest BCUT2D eigenvalue weighted by molar-refractivity contribution is 7.41. The maximum atomic E-state index is 9.92. The van der Waals surface area contributed by atoms with Gasteiger partial charge in [0.1, 0.15) is 0 Å². The van der Waals surface area contributed by atoms with Crippen LogP contribution in [0.3, 0.4) is 0 Å². The van der Waals surface area contributed by atoms with Gasteiger partial charge in [0.15, 0.2) is 0 Å². The topological polar surface area (TPSA) is 127 Å². The fourth-order valence-electron chi connectivity index (χ4n) is 9.71. The largest absolute Gasteiger partial charge is 0.332 e. The number of rotatable bonds is 63. The van der Waals surface area contributed by atoms with Gasteiger partial charge < -0.3 is 42.2 Å². The normalized spacial score (nSPS) is 11.8. The van der Waals surface area contributed by atoms with E-state index in [2.05, 4.69) is 55.4 Å². The van der Waals surface area contributed by atoms with Crippen molar-refractivity contribution >= 4 is 25.8 Å². The average molecular weight is 1170 g/mol. The highest BCUT2D eigenvalue weighted by Gasteiger charge is 2.13. The summed E-state index contributed by atoms with van der Waals surface area (Å²) in [7, 11) is -5.46. The first-order valence-corrected chi connectivity index (χ1v) is 37.7. The quantitative estimate of drug-likeness (QED) is 0.0348. The summed E-state index contributed by atoms with van der Waals surface area (Å²) in [4.78, 5) is 31.6. The Bertz CT molecular complexity index is 933. The van der Waals surface area contributed by atoms with E-state index in [9.17, 15) is 4.89 Å². The van der Waals surface area contributed by atoms with Gasteiger partial charge >= 0.3 is 25.8 Å². The summed E-state index contributed by atoms with van der Waals surface area (Å²) < 4.78 is 29.1. The molecule has 0 amide bonds. The number of hydrogen-bond donors (Lipinski definition) is 4. The van der Waals surface area contributed by atoms with Gasteiger partial charge in [-0.3, -0.25) is 0 Å². The Kier molecular flexibility index (Phi) is 78.9. The minimum Gasteiger partial charge on any atom is -0.328 e. The van der Waals surface area contributed by atoms with Gasteiger partial charge in [-0.2, -0.15) is 0 Å². The summed E-state index contributed by atoms with van der Waals surface area (Å²) in [6.45, 7) is 22.1. The van der Waals surface area contributed by atoms with E-state index >= 15 is 0 Å². The molecule has 0 saturated heterocycles. The predicted molar refractivity (Wildman–Crippen MR) is 346 cm³/mol. The Morgan fingerprint density at radius 1 is 0.231 bits per heavy atom. The molecule has 0 aromatic heterocycles. The van der Waals surface area contributed by atoms with Crippen LogP contribution in [0.1, 0.15) is 376 Å². The zero-order chi connectivity index (χ0) is 57.9. The Morgan fingerprint density at radius 2 is 0.385 bits per heavy atom. The van der Waals surface area contributed by atoms with Crippen LogP contribution in [0.4, 0.5) is 0 Å². The van der Waals surface area contributed by atoms with Crippen molar-refractivity contribution in [3.63, 3.8) is 0 Å². The van der Waals surface area contributed by atoms with Gasteiger partial charge in [0.2, 0.25) is 0 Å². The minimum atomic E-state index is -2.62. The number of hydrogen-bond acceptors (Lipinski definition) is 9. The molecule has 0 spiro atoms. The molecule has 0 radical (unpaired) electrons. The van der Waals surface area contributed by atoms with Crippen molar-refractivity contribution in [3.05, 3.63) is 0 Å². The molecule has 474 valence electrons. The van der Waals surface area contributed by atoms with E-state index in [4.69, 9.17) is 37.3 Å². The van der Waals surface area contributed by atoms with Gasteiger partial charge in [-0.25, -0.2) is 0 Å². The van der Waals surface area contributed by atoms with Crippen LogP contribution in [0.25, 0.3) is 0 Å². The maximum absolute atomic E-state index is 9.92. The number of unbranched alkanes of at least 4 members (excludes halogenated alkanes) is 42. The molecule has 9 nitrogen and oxygen atoms in total. The molecule has 0 aliphatic rings. The van der Waals surface area contributed by atoms with Gasteiger partial charge in [-0.15, -0.1) is 0 Å². The molecule has 0 atom stereocenters. The van der Waals surface area contributed by atoms with E-state index < -0.39 is 25.8 Å². The van der Waals surface area contributed by atoms with Crippen molar-refractivity contribution < 1.29 is 42.2 Å². The predicted octanol–water partition coefficient (Wildman–Crippen LogP) is 24.2. The van der Waals surface area contributed by atoms with Crippen LogP contribution < -0.4 is 0 Å². The first-order valence-electron chi connectivity index (χ1n) is 34.3. The highest BCUT2D eigenvalue weighted by Crippen LogP contribution is 2.40. The van der Waals surface area contributed by atoms with Crippen molar-refractivity contribution in [1.82, 2.24) is 0 Å². The van der Waals surface area contributed by atoms with Crippen molar-refractivity contribution in [1.29, 1.82) is 0 Å². The molecule has 0 bridgehead atoms. The van der Waals surface area contributed by atoms with Crippen molar-refractivity contribution in [3.8, 4) is 0 Å². The van der Waals surface area contributed by atoms with Gasteiger partial charge in [0.25, 0.3) is 0 Å². The zero-order valence-electron chi connectivity index (χ0n) is 53.8. The highest BCUT2D eigenvalue weighted by atomic mass is 31.2. The van der Waals surface area contributed by atoms with Crippen LogP contribution in [0.15, 0.2) is 0 Å². The van der Waals surface area contributed by atoms with Crippen LogP contribution in [0, 0.1) is 17.8 Å². The van der Waals surface area contributed by atoms with Crippen LogP contribution in [0.5, 0.6) is 0 Å². The molecule has 0 aliphatic heterocycles. The third kappa shape index (κ3) is 85.7. The molecule has 4 N–H and O–H groups in total. The lowest BCUT2D eigenvalue weighted by molar-refractivity contribution is 0.153. The minimum absolute atomic E-state index is 0.638. The van der Waals surface area contributed by atoms with Crippen LogP contribution in [0.2, 0.25) is 0 Å². The Balaban J connectivity index is -0.00000136. The molecule has 78 heavy (non-hydrogen) atoms. The van der Waals surface area contributed by atoms with Gasteiger partial charge in [-0.1, -0.05) is 344 Å². The Hall–Kier alpha value is 0.930. The van der Waals surface area contributed by atoms with Gasteiger partial charge in [0, 0.05) is 0 Å². The lowest BCUT2D eigenvalue weighted by Gasteiger charge is -2.17. The third-order valence-electron chi connectivity index (χ3n) is 14.8. The molecular formula is C66H141O9P3. The second kappa shape index (κ2) is 74.0. The van der Waals surface area contributed by atoms with Gasteiger partial charge in [-0.05, 0) is 49.9 Å². The zero-order valence-corrected chi connectivity index (χ0v) is 56.5. The van der Waals surface area contributed by atoms with Crippen LogP contribution in [-0.2, 0) is 22.6 Å². The van der Waals surface area contributed by atoms with Crippen LogP contribution in [-0.4, -0.2) is 52.6 Å². The average Bonchev–Trinajstić information content (AvgIpc) is 3.39. The molecule has 12 heteroatoms. The van der Waals surface area contributed by atoms with Gasteiger partial charge in [0.05, 0.1) is 33.0 Å². The molecule has 0 rings (SSSR count). The Labute approximate surface area is 492 Å². The second-order valence-electron chi connectivity index (χ2n) is 24.4. The molecular weight excluding hydrogens is 1030 g/mol. The molecule has 0 fully saturated rings. The fourth-order valence-corrected chi connectivity index (χ4v) is 11.4. The SMILES string of the molecule is CC(C)CCCCCCCOP(OCCCCCCCC(C)C)OCCCCCCCC(C)C.CCCCCCCCCCCCCCCCCCOP(O)OCCCCCCCCCCCCCCCCCC.OP(O)O. The van der Waals surface area contributed by atoms with E-state index in [-0.39, 0.29) is 0 Å². The smallest absolute Gasteiger partial charge is 0.328 e. The van der Waals surface area contributed by atoms with E-state index in [1.54, 1.807) is 0 Å². The van der Waals surface area contributed by atoms with Crippen LogP contribution >= 0.6 is 25.8 Å². The molecule has 0 aromatic carbocycles. The van der Waals surface area contributed by atoms with E-state index in [1.165, 1.54) is 289 Å².